The Kier molecular flexibility index (Phi) is 6.59. The second kappa shape index (κ2) is 7.96. The van der Waals surface area contributed by atoms with Gasteiger partial charge in [0.15, 0.2) is 9.84 Å². The average molecular weight is 369 g/mol. The molecule has 0 aromatic heterocycles. The molecule has 25 heavy (non-hydrogen) atoms. The molecule has 144 valence electrons. The molecular formula is C21H36O3S. The Morgan fingerprint density at radius 2 is 1.84 bits per heavy atom. The van der Waals surface area contributed by atoms with E-state index in [1.54, 1.807) is 0 Å². The normalized spacial score (nSPS) is 28.6. The Morgan fingerprint density at radius 1 is 1.20 bits per heavy atom. The van der Waals surface area contributed by atoms with Crippen LogP contribution >= 0.6 is 0 Å². The lowest BCUT2D eigenvalue weighted by Crippen LogP contribution is -2.58. The van der Waals surface area contributed by atoms with Crippen molar-refractivity contribution in [2.75, 3.05) is 5.75 Å². The van der Waals surface area contributed by atoms with E-state index in [1.807, 2.05) is 26.0 Å². The highest BCUT2D eigenvalue weighted by Crippen LogP contribution is 2.55. The van der Waals surface area contributed by atoms with Crippen LogP contribution in [0.1, 0.15) is 79.1 Å². The molecule has 0 aromatic rings. The van der Waals surface area contributed by atoms with Gasteiger partial charge >= 0.3 is 0 Å². The number of aliphatic hydroxyl groups is 1. The van der Waals surface area contributed by atoms with Gasteiger partial charge in [0.1, 0.15) is 4.75 Å². The van der Waals surface area contributed by atoms with Crippen LogP contribution < -0.4 is 0 Å². The molecule has 0 aromatic carbocycles. The molecule has 0 bridgehead atoms. The van der Waals surface area contributed by atoms with E-state index in [0.717, 1.165) is 37.7 Å². The number of hydrogen-bond donors (Lipinski definition) is 1. The fourth-order valence-electron chi connectivity index (χ4n) is 5.38. The first kappa shape index (κ1) is 20.7. The van der Waals surface area contributed by atoms with E-state index in [1.165, 1.54) is 6.42 Å². The fourth-order valence-corrected chi connectivity index (χ4v) is 8.45. The van der Waals surface area contributed by atoms with Crippen LogP contribution in [0.5, 0.6) is 0 Å². The lowest BCUT2D eigenvalue weighted by Gasteiger charge is -2.53. The van der Waals surface area contributed by atoms with Gasteiger partial charge < -0.3 is 5.11 Å². The van der Waals surface area contributed by atoms with E-state index in [0.29, 0.717) is 12.8 Å². The summed E-state index contributed by atoms with van der Waals surface area (Å²) in [5, 5.41) is 10.1. The van der Waals surface area contributed by atoms with Crippen LogP contribution in [0, 0.1) is 11.3 Å². The van der Waals surface area contributed by atoms with E-state index in [-0.39, 0.29) is 11.7 Å². The minimum Gasteiger partial charge on any atom is -0.393 e. The molecule has 1 N–H and O–H groups in total. The van der Waals surface area contributed by atoms with Gasteiger partial charge in [-0.05, 0) is 38.5 Å². The molecule has 0 heterocycles. The summed E-state index contributed by atoms with van der Waals surface area (Å²) < 4.78 is 26.7. The summed E-state index contributed by atoms with van der Waals surface area (Å²) in [6, 6.07) is 0. The second-order valence-electron chi connectivity index (χ2n) is 8.55. The van der Waals surface area contributed by atoms with E-state index in [2.05, 4.69) is 19.9 Å². The van der Waals surface area contributed by atoms with Crippen molar-refractivity contribution in [3.05, 3.63) is 23.8 Å². The van der Waals surface area contributed by atoms with Gasteiger partial charge in [-0.1, -0.05) is 70.3 Å². The predicted molar refractivity (Wildman–Crippen MR) is 105 cm³/mol. The highest BCUT2D eigenvalue weighted by molar-refractivity contribution is 7.93. The summed E-state index contributed by atoms with van der Waals surface area (Å²) in [6.45, 7) is 8.17. The third-order valence-electron chi connectivity index (χ3n) is 6.41. The zero-order chi connectivity index (χ0) is 18.7. The zero-order valence-electron chi connectivity index (χ0n) is 16.4. The van der Waals surface area contributed by atoms with E-state index in [9.17, 15) is 13.5 Å². The van der Waals surface area contributed by atoms with Crippen molar-refractivity contribution < 1.29 is 13.5 Å². The molecule has 4 heteroatoms. The maximum Gasteiger partial charge on any atom is 0.161 e. The number of allylic oxidation sites excluding steroid dienone is 3. The third-order valence-corrected chi connectivity index (χ3v) is 9.35. The van der Waals surface area contributed by atoms with Crippen molar-refractivity contribution in [3.63, 3.8) is 0 Å². The van der Waals surface area contributed by atoms with Gasteiger partial charge in [-0.3, -0.25) is 0 Å². The molecule has 0 spiro atoms. The van der Waals surface area contributed by atoms with Crippen molar-refractivity contribution in [2.24, 2.45) is 11.3 Å². The van der Waals surface area contributed by atoms with Crippen LogP contribution in [0.4, 0.5) is 0 Å². The first-order valence-corrected chi connectivity index (χ1v) is 11.6. The molecule has 0 amide bonds. The van der Waals surface area contributed by atoms with Gasteiger partial charge in [0.2, 0.25) is 0 Å². The molecule has 1 fully saturated rings. The van der Waals surface area contributed by atoms with Gasteiger partial charge in [-0.2, -0.15) is 0 Å². The molecule has 0 saturated heterocycles. The standard InChI is InChI=1S/C21H36O3S/c1-5-10-19(22)14-16-25(23,24)21(18-12-7-6-8-13-18)17(2)11-9-15-20(21,3)4/h9,11,15,18-19,22H,5-8,10,12-14,16H2,1-4H3/t19-,21-/m1/s1. The minimum absolute atomic E-state index is 0.0765. The number of sulfone groups is 1. The average Bonchev–Trinajstić information content (AvgIpc) is 2.53. The third kappa shape index (κ3) is 3.75. The van der Waals surface area contributed by atoms with Gasteiger partial charge in [0, 0.05) is 5.41 Å². The molecule has 2 aliphatic carbocycles. The molecule has 0 unspecified atom stereocenters. The Labute approximate surface area is 154 Å². The lowest BCUT2D eigenvalue weighted by molar-refractivity contribution is 0.158. The SMILES string of the molecule is CCC[C@@H](O)CCS(=O)(=O)[C@@]1(C2CCCCC2)C(C)=CC=CC1(C)C. The monoisotopic (exact) mass is 368 g/mol. The van der Waals surface area contributed by atoms with Gasteiger partial charge in [0.05, 0.1) is 11.9 Å². The largest absolute Gasteiger partial charge is 0.393 e. The van der Waals surface area contributed by atoms with Crippen LogP contribution in [-0.2, 0) is 9.84 Å². The van der Waals surface area contributed by atoms with Crippen LogP contribution in [0.15, 0.2) is 23.8 Å². The Hall–Kier alpha value is -0.610. The quantitative estimate of drug-likeness (QED) is 0.701. The number of hydrogen-bond acceptors (Lipinski definition) is 3. The number of aliphatic hydroxyl groups excluding tert-OH is 1. The van der Waals surface area contributed by atoms with Crippen LogP contribution in [-0.4, -0.2) is 30.1 Å². The van der Waals surface area contributed by atoms with E-state index < -0.39 is 26.1 Å². The summed E-state index contributed by atoms with van der Waals surface area (Å²) in [7, 11) is -3.39. The highest BCUT2D eigenvalue weighted by atomic mass is 32.2. The zero-order valence-corrected chi connectivity index (χ0v) is 17.2. The van der Waals surface area contributed by atoms with Crippen molar-refractivity contribution in [2.45, 2.75) is 89.9 Å². The van der Waals surface area contributed by atoms with Crippen molar-refractivity contribution in [3.8, 4) is 0 Å². The topological polar surface area (TPSA) is 54.4 Å². The van der Waals surface area contributed by atoms with E-state index >= 15 is 0 Å². The lowest BCUT2D eigenvalue weighted by atomic mass is 9.62. The number of rotatable bonds is 7. The smallest absolute Gasteiger partial charge is 0.161 e. The Balaban J connectivity index is 2.44. The van der Waals surface area contributed by atoms with Crippen LogP contribution in [0.3, 0.4) is 0 Å². The highest BCUT2D eigenvalue weighted by Gasteiger charge is 2.59. The van der Waals surface area contributed by atoms with Gasteiger partial charge in [0.25, 0.3) is 0 Å². The Bertz CT molecular complexity index is 609. The van der Waals surface area contributed by atoms with Gasteiger partial charge in [-0.25, -0.2) is 8.42 Å². The first-order valence-electron chi connectivity index (χ1n) is 9.96. The molecule has 0 aliphatic heterocycles. The molecule has 2 aliphatic rings. The maximum absolute atomic E-state index is 13.8. The van der Waals surface area contributed by atoms with E-state index in [4.69, 9.17) is 0 Å². The molecular weight excluding hydrogens is 332 g/mol. The van der Waals surface area contributed by atoms with Crippen LogP contribution in [0.25, 0.3) is 0 Å². The fraction of sp³-hybridized carbons (Fsp3) is 0.810. The maximum atomic E-state index is 13.8. The molecule has 0 radical (unpaired) electrons. The van der Waals surface area contributed by atoms with Crippen molar-refractivity contribution >= 4 is 9.84 Å². The van der Waals surface area contributed by atoms with Crippen molar-refractivity contribution in [1.29, 1.82) is 0 Å². The minimum atomic E-state index is -3.39. The summed E-state index contributed by atoms with van der Waals surface area (Å²) in [6.07, 6.45) is 12.9. The molecule has 3 nitrogen and oxygen atoms in total. The summed E-state index contributed by atoms with van der Waals surface area (Å²) in [5.41, 5.74) is 0.555. The molecule has 1 saturated carbocycles. The van der Waals surface area contributed by atoms with Crippen molar-refractivity contribution in [1.82, 2.24) is 0 Å². The second-order valence-corrected chi connectivity index (χ2v) is 10.8. The first-order chi connectivity index (χ1) is 11.7. The van der Waals surface area contributed by atoms with Crippen LogP contribution in [0.2, 0.25) is 0 Å². The summed E-state index contributed by atoms with van der Waals surface area (Å²) in [4.78, 5) is 0. The predicted octanol–water partition coefficient (Wildman–Crippen LogP) is 4.81. The Morgan fingerprint density at radius 3 is 2.40 bits per heavy atom. The summed E-state index contributed by atoms with van der Waals surface area (Å²) >= 11 is 0. The molecule has 2 rings (SSSR count). The van der Waals surface area contributed by atoms with Gasteiger partial charge in [-0.15, -0.1) is 0 Å². The molecule has 2 atom stereocenters. The summed E-state index contributed by atoms with van der Waals surface area (Å²) in [5.74, 6) is 0.249.